The Bertz CT molecular complexity index is 922. The van der Waals surface area contributed by atoms with Gasteiger partial charge in [-0.15, -0.1) is 11.3 Å². The van der Waals surface area contributed by atoms with Crippen molar-refractivity contribution in [2.75, 3.05) is 0 Å². The van der Waals surface area contributed by atoms with E-state index < -0.39 is 23.6 Å². The molecule has 7 nitrogen and oxygen atoms in total. The summed E-state index contributed by atoms with van der Waals surface area (Å²) in [5.41, 5.74) is 5.97. The molecular weight excluding hydrogens is 464 g/mol. The lowest BCUT2D eigenvalue weighted by Gasteiger charge is -2.32. The fourth-order valence-electron chi connectivity index (χ4n) is 4.67. The van der Waals surface area contributed by atoms with Crippen LogP contribution < -0.4 is 5.73 Å². The van der Waals surface area contributed by atoms with Crippen LogP contribution in [0.1, 0.15) is 90.8 Å². The third kappa shape index (κ3) is 8.33. The Morgan fingerprint density at radius 2 is 1.89 bits per heavy atom. The quantitative estimate of drug-likeness (QED) is 0.570. The van der Waals surface area contributed by atoms with Gasteiger partial charge in [0, 0.05) is 30.2 Å². The van der Waals surface area contributed by atoms with Crippen LogP contribution in [-0.4, -0.2) is 39.8 Å². The zero-order valence-corrected chi connectivity index (χ0v) is 22.8. The highest BCUT2D eigenvalue weighted by Gasteiger charge is 2.40. The summed E-state index contributed by atoms with van der Waals surface area (Å²) < 4.78 is 5.73. The zero-order valence-electron chi connectivity index (χ0n) is 22.0. The van der Waals surface area contributed by atoms with Gasteiger partial charge in [0.15, 0.2) is 0 Å². The molecule has 0 spiro atoms. The number of hydrogen-bond donors (Lipinski definition) is 2. The van der Waals surface area contributed by atoms with Gasteiger partial charge in [-0.05, 0) is 37.3 Å². The number of carbonyl (C=O) groups is 3. The van der Waals surface area contributed by atoms with E-state index in [0.29, 0.717) is 23.7 Å². The highest BCUT2D eigenvalue weighted by Crippen LogP contribution is 2.32. The molecule has 1 aromatic heterocycles. The van der Waals surface area contributed by atoms with E-state index in [1.54, 1.807) is 19.9 Å². The largest absolute Gasteiger partial charge is 0.457 e. The summed E-state index contributed by atoms with van der Waals surface area (Å²) in [6.45, 7) is 11.4. The zero-order chi connectivity index (χ0) is 26.3. The smallest absolute Gasteiger partial charge is 0.309 e. The maximum atomic E-state index is 13.1. The number of ketones is 2. The minimum atomic E-state index is -1.18. The second-order valence-electron chi connectivity index (χ2n) is 10.8. The highest BCUT2D eigenvalue weighted by atomic mass is 32.1. The molecule has 0 aromatic carbocycles. The molecule has 1 aliphatic heterocycles. The molecule has 5 unspecified atom stereocenters. The number of nitrogens with two attached hydrogens (primary N) is 1. The van der Waals surface area contributed by atoms with E-state index in [-0.39, 0.29) is 36.2 Å². The van der Waals surface area contributed by atoms with E-state index in [0.717, 1.165) is 30.7 Å². The SMILES string of the molecule is CC(=Cc1csc(CN)n1)C1CC(=O)C(C)CCCC(C)CC(C)C(=O)C(C)(C)C(O)CC(=O)O1. The number of thiazole rings is 1. The first-order valence-corrected chi connectivity index (χ1v) is 13.5. The number of nitrogens with zero attached hydrogens (tertiary/aromatic N) is 1. The van der Waals surface area contributed by atoms with Crippen LogP contribution in [0.2, 0.25) is 0 Å². The van der Waals surface area contributed by atoms with Crippen molar-refractivity contribution in [1.29, 1.82) is 0 Å². The first-order chi connectivity index (χ1) is 16.3. The van der Waals surface area contributed by atoms with Crippen molar-refractivity contribution in [3.8, 4) is 0 Å². The summed E-state index contributed by atoms with van der Waals surface area (Å²) >= 11 is 1.45. The van der Waals surface area contributed by atoms with E-state index in [2.05, 4.69) is 11.9 Å². The number of hydrogen-bond acceptors (Lipinski definition) is 8. The van der Waals surface area contributed by atoms with Gasteiger partial charge >= 0.3 is 5.97 Å². The molecule has 3 N–H and O–H groups in total. The predicted molar refractivity (Wildman–Crippen MR) is 139 cm³/mol. The molecule has 8 heteroatoms. The van der Waals surface area contributed by atoms with Crippen molar-refractivity contribution < 1.29 is 24.2 Å². The lowest BCUT2D eigenvalue weighted by Crippen LogP contribution is -2.42. The van der Waals surface area contributed by atoms with E-state index in [9.17, 15) is 19.5 Å². The van der Waals surface area contributed by atoms with Crippen molar-refractivity contribution in [1.82, 2.24) is 4.98 Å². The Labute approximate surface area is 213 Å². The number of ether oxygens (including phenoxy) is 1. The fraction of sp³-hybridized carbons (Fsp3) is 0.704. The van der Waals surface area contributed by atoms with Gasteiger partial charge in [-0.2, -0.15) is 0 Å². The summed E-state index contributed by atoms with van der Waals surface area (Å²) in [5, 5.41) is 13.5. The van der Waals surface area contributed by atoms with Crippen molar-refractivity contribution in [3.63, 3.8) is 0 Å². The summed E-state index contributed by atoms with van der Waals surface area (Å²) in [6.07, 6.45) is 2.90. The molecule has 1 aromatic rings. The molecule has 0 radical (unpaired) electrons. The number of aliphatic hydroxyl groups is 1. The van der Waals surface area contributed by atoms with Crippen molar-refractivity contribution in [3.05, 3.63) is 21.7 Å². The maximum Gasteiger partial charge on any atom is 0.309 e. The molecule has 196 valence electrons. The standard InChI is InChI=1S/C27H42N2O5S/c1-16-8-7-9-17(2)21(30)12-22(18(3)11-20-15-35-24(14-28)29-20)34-25(32)13-23(31)27(5,6)26(33)19(4)10-16/h11,15-17,19,22-23,31H,7-10,12-14,28H2,1-6H3. The number of aliphatic hydroxyl groups excluding tert-OH is 1. The molecule has 0 aliphatic carbocycles. The minimum Gasteiger partial charge on any atom is -0.457 e. The average molecular weight is 507 g/mol. The van der Waals surface area contributed by atoms with E-state index in [4.69, 9.17) is 10.5 Å². The van der Waals surface area contributed by atoms with E-state index in [1.165, 1.54) is 11.3 Å². The topological polar surface area (TPSA) is 120 Å². The molecule has 0 saturated carbocycles. The third-order valence-corrected chi connectivity index (χ3v) is 8.09. The molecule has 2 rings (SSSR count). The van der Waals surface area contributed by atoms with Gasteiger partial charge in [0.2, 0.25) is 0 Å². The Morgan fingerprint density at radius 1 is 1.20 bits per heavy atom. The minimum absolute atomic E-state index is 0.0423. The summed E-state index contributed by atoms with van der Waals surface area (Å²) in [5.74, 6) is -0.696. The van der Waals surface area contributed by atoms with Gasteiger partial charge in [-0.1, -0.05) is 47.5 Å². The van der Waals surface area contributed by atoms with Crippen LogP contribution in [-0.2, 0) is 25.7 Å². The van der Waals surface area contributed by atoms with Gasteiger partial charge < -0.3 is 15.6 Å². The van der Waals surface area contributed by atoms with Gasteiger partial charge in [-0.25, -0.2) is 4.98 Å². The van der Waals surface area contributed by atoms with Crippen molar-refractivity contribution >= 4 is 34.9 Å². The molecular formula is C27H42N2O5S. The molecule has 5 atom stereocenters. The van der Waals surface area contributed by atoms with Crippen LogP contribution >= 0.6 is 11.3 Å². The summed E-state index contributed by atoms with van der Waals surface area (Å²) in [4.78, 5) is 43.5. The summed E-state index contributed by atoms with van der Waals surface area (Å²) in [7, 11) is 0. The average Bonchev–Trinajstić information content (AvgIpc) is 3.24. The van der Waals surface area contributed by atoms with E-state index in [1.807, 2.05) is 26.2 Å². The highest BCUT2D eigenvalue weighted by molar-refractivity contribution is 7.09. The van der Waals surface area contributed by atoms with Gasteiger partial charge in [-0.3, -0.25) is 14.4 Å². The lowest BCUT2D eigenvalue weighted by atomic mass is 9.74. The Kier molecular flexibility index (Phi) is 10.8. The Morgan fingerprint density at radius 3 is 2.51 bits per heavy atom. The third-order valence-electron chi connectivity index (χ3n) is 7.20. The van der Waals surface area contributed by atoms with E-state index >= 15 is 0 Å². The molecule has 2 heterocycles. The molecule has 0 amide bonds. The normalized spacial score (nSPS) is 30.2. The first kappa shape index (κ1) is 29.3. The predicted octanol–water partition coefficient (Wildman–Crippen LogP) is 4.70. The van der Waals surface area contributed by atoms with Crippen molar-refractivity contribution in [2.24, 2.45) is 28.9 Å². The van der Waals surface area contributed by atoms with Crippen LogP contribution in [0, 0.1) is 23.2 Å². The van der Waals surface area contributed by atoms with Gasteiger partial charge in [0.05, 0.1) is 23.6 Å². The molecule has 1 aliphatic rings. The second-order valence-corrected chi connectivity index (χ2v) is 11.7. The fourth-order valence-corrected chi connectivity index (χ4v) is 5.30. The lowest BCUT2D eigenvalue weighted by molar-refractivity contribution is -0.154. The molecule has 1 fully saturated rings. The van der Waals surface area contributed by atoms with Crippen LogP contribution in [0.5, 0.6) is 0 Å². The molecule has 0 bridgehead atoms. The molecule has 1 saturated heterocycles. The van der Waals surface area contributed by atoms with Crippen LogP contribution in [0.4, 0.5) is 0 Å². The molecule has 35 heavy (non-hydrogen) atoms. The van der Waals surface area contributed by atoms with Gasteiger partial charge in [0.25, 0.3) is 0 Å². The Hall–Kier alpha value is -1.90. The number of esters is 1. The second kappa shape index (κ2) is 12.9. The monoisotopic (exact) mass is 506 g/mol. The van der Waals surface area contributed by atoms with Crippen LogP contribution in [0.15, 0.2) is 11.0 Å². The Balaban J connectivity index is 2.31. The number of carbonyl (C=O) groups excluding carboxylic acids is 3. The maximum absolute atomic E-state index is 13.1. The van der Waals surface area contributed by atoms with Crippen LogP contribution in [0.3, 0.4) is 0 Å². The first-order valence-electron chi connectivity index (χ1n) is 12.6. The number of Topliss-reactive ketones (excluding diaryl/α,β-unsaturated/α-hetero) is 2. The van der Waals surface area contributed by atoms with Crippen LogP contribution in [0.25, 0.3) is 6.08 Å². The number of rotatable bonds is 3. The van der Waals surface area contributed by atoms with Crippen molar-refractivity contribution in [2.45, 2.75) is 98.8 Å². The number of aromatic nitrogens is 1. The summed E-state index contributed by atoms with van der Waals surface area (Å²) in [6, 6.07) is 0. The van der Waals surface area contributed by atoms with Gasteiger partial charge in [0.1, 0.15) is 22.7 Å². The number of cyclic esters (lactones) is 1.